The number of aryl methyl sites for hydroxylation is 1. The fraction of sp³-hybridized carbons (Fsp3) is 0.364. The van der Waals surface area contributed by atoms with Crippen molar-refractivity contribution in [3.63, 3.8) is 0 Å². The maximum atomic E-state index is 6.16. The van der Waals surface area contributed by atoms with Crippen LogP contribution in [0.25, 0.3) is 0 Å². The third-order valence-corrected chi connectivity index (χ3v) is 3.29. The molecule has 0 amide bonds. The molecular formula is C11H12ClN3O. The second-order valence-electron chi connectivity index (χ2n) is 3.94. The Hall–Kier alpha value is -1.26. The van der Waals surface area contributed by atoms with Gasteiger partial charge in [-0.25, -0.2) is 0 Å². The molecule has 0 aliphatic carbocycles. The van der Waals surface area contributed by atoms with Gasteiger partial charge in [-0.15, -0.1) is 0 Å². The molecule has 2 aromatic heterocycles. The van der Waals surface area contributed by atoms with Crippen LogP contribution in [0.3, 0.4) is 0 Å². The van der Waals surface area contributed by atoms with Crippen molar-refractivity contribution in [2.24, 2.45) is 7.05 Å². The highest BCUT2D eigenvalue weighted by molar-refractivity contribution is 6.31. The Morgan fingerprint density at radius 3 is 3.25 bits per heavy atom. The van der Waals surface area contributed by atoms with Gasteiger partial charge in [0.25, 0.3) is 0 Å². The number of halogens is 1. The monoisotopic (exact) mass is 237 g/mol. The summed E-state index contributed by atoms with van der Waals surface area (Å²) in [6.07, 6.45) is 4.33. The molecule has 1 atom stereocenters. The molecule has 0 fully saturated rings. The van der Waals surface area contributed by atoms with E-state index in [0.717, 1.165) is 30.0 Å². The van der Waals surface area contributed by atoms with E-state index in [4.69, 9.17) is 16.0 Å². The van der Waals surface area contributed by atoms with E-state index in [9.17, 15) is 0 Å². The lowest BCUT2D eigenvalue weighted by Gasteiger charge is -2.23. The second-order valence-corrected chi connectivity index (χ2v) is 4.34. The lowest BCUT2D eigenvalue weighted by Crippen LogP contribution is -2.31. The fourth-order valence-electron chi connectivity index (χ4n) is 2.24. The number of aromatic nitrogens is 2. The summed E-state index contributed by atoms with van der Waals surface area (Å²) >= 11 is 6.16. The number of nitrogens with zero attached hydrogens (tertiary/aromatic N) is 2. The molecule has 1 aliphatic rings. The lowest BCUT2D eigenvalue weighted by molar-refractivity contribution is 0.447. The molecule has 0 radical (unpaired) electrons. The van der Waals surface area contributed by atoms with Gasteiger partial charge in [0.15, 0.2) is 0 Å². The first-order chi connectivity index (χ1) is 7.77. The van der Waals surface area contributed by atoms with Crippen LogP contribution in [0.2, 0.25) is 5.02 Å². The Morgan fingerprint density at radius 1 is 1.62 bits per heavy atom. The Bertz CT molecular complexity index is 498. The van der Waals surface area contributed by atoms with Crippen molar-refractivity contribution < 1.29 is 4.42 Å². The smallest absolute Gasteiger partial charge is 0.110 e. The van der Waals surface area contributed by atoms with Crippen LogP contribution in [0.15, 0.2) is 22.9 Å². The second kappa shape index (κ2) is 3.64. The number of fused-ring (bicyclic) bond motifs is 1. The molecule has 1 unspecified atom stereocenters. The summed E-state index contributed by atoms with van der Waals surface area (Å²) in [7, 11) is 1.90. The highest BCUT2D eigenvalue weighted by atomic mass is 35.5. The molecule has 3 heterocycles. The van der Waals surface area contributed by atoms with Crippen LogP contribution in [-0.4, -0.2) is 16.3 Å². The Kier molecular flexibility index (Phi) is 2.26. The molecule has 0 saturated heterocycles. The molecule has 2 aromatic rings. The maximum absolute atomic E-state index is 6.16. The van der Waals surface area contributed by atoms with Gasteiger partial charge in [0.1, 0.15) is 5.76 Å². The molecule has 1 N–H and O–H groups in total. The zero-order valence-electron chi connectivity index (χ0n) is 8.90. The largest absolute Gasteiger partial charge is 0.469 e. The van der Waals surface area contributed by atoms with Gasteiger partial charge in [-0.2, -0.15) is 5.10 Å². The highest BCUT2D eigenvalue weighted by Gasteiger charge is 2.27. The van der Waals surface area contributed by atoms with E-state index >= 15 is 0 Å². The summed E-state index contributed by atoms with van der Waals surface area (Å²) in [5.41, 5.74) is 2.15. The van der Waals surface area contributed by atoms with E-state index < -0.39 is 0 Å². The van der Waals surface area contributed by atoms with E-state index in [1.807, 2.05) is 17.8 Å². The predicted molar refractivity (Wildman–Crippen MR) is 60.5 cm³/mol. The summed E-state index contributed by atoms with van der Waals surface area (Å²) in [4.78, 5) is 0. The molecule has 0 spiro atoms. The first kappa shape index (κ1) is 9.93. The van der Waals surface area contributed by atoms with Crippen molar-refractivity contribution in [1.29, 1.82) is 0 Å². The van der Waals surface area contributed by atoms with Gasteiger partial charge in [-0.05, 0) is 6.07 Å². The Labute approximate surface area is 98.2 Å². The van der Waals surface area contributed by atoms with Crippen molar-refractivity contribution in [1.82, 2.24) is 15.1 Å². The molecule has 3 rings (SSSR count). The average molecular weight is 238 g/mol. The molecule has 0 bridgehead atoms. The number of hydrogen-bond donors (Lipinski definition) is 1. The summed E-state index contributed by atoms with van der Waals surface area (Å²) in [6.45, 7) is 0.896. The molecule has 5 heteroatoms. The minimum absolute atomic E-state index is 0.0856. The van der Waals surface area contributed by atoms with Crippen molar-refractivity contribution >= 4 is 11.6 Å². The lowest BCUT2D eigenvalue weighted by atomic mass is 9.99. The van der Waals surface area contributed by atoms with E-state index in [1.165, 1.54) is 0 Å². The number of furan rings is 1. The van der Waals surface area contributed by atoms with Crippen LogP contribution >= 0.6 is 11.6 Å². The van der Waals surface area contributed by atoms with Gasteiger partial charge in [-0.1, -0.05) is 11.6 Å². The number of rotatable bonds is 1. The van der Waals surface area contributed by atoms with Crippen LogP contribution in [0.5, 0.6) is 0 Å². The molecule has 4 nitrogen and oxygen atoms in total. The van der Waals surface area contributed by atoms with E-state index in [-0.39, 0.29) is 6.04 Å². The summed E-state index contributed by atoms with van der Waals surface area (Å²) in [6, 6.07) is 2.08. The highest BCUT2D eigenvalue weighted by Crippen LogP contribution is 2.32. The standard InChI is InChI=1S/C11H12ClN3O/c1-15-11(8(12)6-14-15)10-7-3-5-16-9(7)2-4-13-10/h3,5-6,10,13H,2,4H2,1H3. The van der Waals surface area contributed by atoms with Crippen LogP contribution in [0, 0.1) is 0 Å². The molecule has 0 saturated carbocycles. The summed E-state index contributed by atoms with van der Waals surface area (Å²) in [5, 5.41) is 8.29. The van der Waals surface area contributed by atoms with Crippen molar-refractivity contribution in [3.8, 4) is 0 Å². The van der Waals surface area contributed by atoms with Crippen molar-refractivity contribution in [3.05, 3.63) is 40.6 Å². The van der Waals surface area contributed by atoms with Gasteiger partial charge in [-0.3, -0.25) is 4.68 Å². The SMILES string of the molecule is Cn1ncc(Cl)c1C1NCCc2occc21. The van der Waals surface area contributed by atoms with E-state index in [0.29, 0.717) is 5.02 Å². The van der Waals surface area contributed by atoms with Crippen molar-refractivity contribution in [2.45, 2.75) is 12.5 Å². The van der Waals surface area contributed by atoms with Gasteiger partial charge < -0.3 is 9.73 Å². The first-order valence-electron chi connectivity index (χ1n) is 5.24. The van der Waals surface area contributed by atoms with Gasteiger partial charge in [0, 0.05) is 25.6 Å². The maximum Gasteiger partial charge on any atom is 0.110 e. The van der Waals surface area contributed by atoms with Crippen LogP contribution in [0.4, 0.5) is 0 Å². The minimum Gasteiger partial charge on any atom is -0.469 e. The third-order valence-electron chi connectivity index (χ3n) is 3.00. The van der Waals surface area contributed by atoms with Crippen LogP contribution in [-0.2, 0) is 13.5 Å². The number of hydrogen-bond acceptors (Lipinski definition) is 3. The van der Waals surface area contributed by atoms with Crippen LogP contribution in [0.1, 0.15) is 23.1 Å². The molecule has 16 heavy (non-hydrogen) atoms. The normalized spacial score (nSPS) is 19.8. The minimum atomic E-state index is 0.0856. The first-order valence-corrected chi connectivity index (χ1v) is 5.62. The Balaban J connectivity index is 2.10. The van der Waals surface area contributed by atoms with E-state index in [1.54, 1.807) is 12.5 Å². The van der Waals surface area contributed by atoms with Gasteiger partial charge in [0.05, 0.1) is 29.2 Å². The van der Waals surface area contributed by atoms with Gasteiger partial charge >= 0.3 is 0 Å². The third kappa shape index (κ3) is 1.37. The fourth-order valence-corrected chi connectivity index (χ4v) is 2.51. The zero-order chi connectivity index (χ0) is 11.1. The zero-order valence-corrected chi connectivity index (χ0v) is 9.66. The number of nitrogens with one attached hydrogen (secondary N) is 1. The molecule has 1 aliphatic heterocycles. The van der Waals surface area contributed by atoms with Gasteiger partial charge in [0.2, 0.25) is 0 Å². The summed E-state index contributed by atoms with van der Waals surface area (Å²) in [5.74, 6) is 1.04. The predicted octanol–water partition coefficient (Wildman–Crippen LogP) is 1.90. The Morgan fingerprint density at radius 2 is 2.50 bits per heavy atom. The molecule has 0 aromatic carbocycles. The van der Waals surface area contributed by atoms with Crippen molar-refractivity contribution in [2.75, 3.05) is 6.54 Å². The quantitative estimate of drug-likeness (QED) is 0.824. The van der Waals surface area contributed by atoms with E-state index in [2.05, 4.69) is 10.4 Å². The molecular weight excluding hydrogens is 226 g/mol. The molecule has 84 valence electrons. The van der Waals surface area contributed by atoms with Crippen LogP contribution < -0.4 is 5.32 Å². The topological polar surface area (TPSA) is 43.0 Å². The average Bonchev–Trinajstić information content (AvgIpc) is 2.86. The summed E-state index contributed by atoms with van der Waals surface area (Å²) < 4.78 is 7.26.